The first-order chi connectivity index (χ1) is 9.11. The smallest absolute Gasteiger partial charge is 0.258 e. The topological polar surface area (TPSA) is 51.2 Å². The number of rotatable bonds is 3. The van der Waals surface area contributed by atoms with Gasteiger partial charge in [0.25, 0.3) is 5.91 Å². The highest BCUT2D eigenvalue weighted by Crippen LogP contribution is 2.28. The van der Waals surface area contributed by atoms with E-state index < -0.39 is 11.7 Å². The molecule has 1 amide bonds. The Kier molecular flexibility index (Phi) is 4.11. The molecule has 2 aromatic rings. The van der Waals surface area contributed by atoms with Gasteiger partial charge in [0.1, 0.15) is 5.75 Å². The monoisotopic (exact) mass is 324 g/mol. The molecule has 1 heterocycles. The van der Waals surface area contributed by atoms with Crippen molar-refractivity contribution >= 4 is 27.5 Å². The fourth-order valence-corrected chi connectivity index (χ4v) is 1.90. The van der Waals surface area contributed by atoms with Gasteiger partial charge in [0.2, 0.25) is 0 Å². The molecule has 0 aliphatic carbocycles. The van der Waals surface area contributed by atoms with Crippen LogP contribution in [-0.4, -0.2) is 18.0 Å². The number of pyridine rings is 1. The first kappa shape index (κ1) is 13.5. The third-order valence-electron chi connectivity index (χ3n) is 2.43. The number of ether oxygens (including phenoxy) is 1. The number of nitrogens with one attached hydrogen (secondary N) is 1. The van der Waals surface area contributed by atoms with E-state index in [-0.39, 0.29) is 5.56 Å². The number of nitrogens with zero attached hydrogens (tertiary/aromatic N) is 1. The molecular formula is C13H10BrFN2O2. The number of benzene rings is 1. The van der Waals surface area contributed by atoms with E-state index in [2.05, 4.69) is 26.2 Å². The lowest BCUT2D eigenvalue weighted by Crippen LogP contribution is -2.13. The van der Waals surface area contributed by atoms with Crippen molar-refractivity contribution in [2.45, 2.75) is 0 Å². The second kappa shape index (κ2) is 5.79. The molecule has 1 aromatic heterocycles. The molecule has 2 rings (SSSR count). The van der Waals surface area contributed by atoms with Crippen LogP contribution in [0.3, 0.4) is 0 Å². The van der Waals surface area contributed by atoms with Gasteiger partial charge in [0.05, 0.1) is 23.3 Å². The molecule has 0 bridgehead atoms. The molecule has 0 fully saturated rings. The zero-order valence-electron chi connectivity index (χ0n) is 9.98. The molecule has 1 aromatic carbocycles. The molecule has 0 radical (unpaired) electrons. The summed E-state index contributed by atoms with van der Waals surface area (Å²) in [7, 11) is 1.52. The number of hydrogen-bond donors (Lipinski definition) is 1. The number of hydrogen-bond acceptors (Lipinski definition) is 3. The van der Waals surface area contributed by atoms with Crippen molar-refractivity contribution < 1.29 is 13.9 Å². The van der Waals surface area contributed by atoms with E-state index in [0.717, 1.165) is 10.7 Å². The molecule has 0 atom stereocenters. The van der Waals surface area contributed by atoms with Gasteiger partial charge in [0.15, 0.2) is 5.82 Å². The highest BCUT2D eigenvalue weighted by molar-refractivity contribution is 9.10. The van der Waals surface area contributed by atoms with Crippen molar-refractivity contribution in [2.24, 2.45) is 0 Å². The van der Waals surface area contributed by atoms with E-state index in [1.54, 1.807) is 18.2 Å². The molecule has 6 heteroatoms. The Morgan fingerprint density at radius 3 is 2.89 bits per heavy atom. The second-order valence-electron chi connectivity index (χ2n) is 3.66. The zero-order chi connectivity index (χ0) is 13.8. The lowest BCUT2D eigenvalue weighted by Gasteiger charge is -2.08. The van der Waals surface area contributed by atoms with Crippen molar-refractivity contribution in [3.05, 3.63) is 52.5 Å². The Morgan fingerprint density at radius 2 is 2.21 bits per heavy atom. The summed E-state index contributed by atoms with van der Waals surface area (Å²) in [6.07, 6.45) is 2.36. The van der Waals surface area contributed by atoms with E-state index in [0.29, 0.717) is 11.4 Å². The maximum Gasteiger partial charge on any atom is 0.258 e. The van der Waals surface area contributed by atoms with Gasteiger partial charge < -0.3 is 10.1 Å². The van der Waals surface area contributed by atoms with Crippen molar-refractivity contribution in [3.8, 4) is 5.75 Å². The van der Waals surface area contributed by atoms with E-state index >= 15 is 0 Å². The molecule has 98 valence electrons. The molecule has 19 heavy (non-hydrogen) atoms. The van der Waals surface area contributed by atoms with Gasteiger partial charge in [-0.2, -0.15) is 0 Å². The third kappa shape index (κ3) is 3.08. The molecule has 4 nitrogen and oxygen atoms in total. The van der Waals surface area contributed by atoms with Crippen LogP contribution < -0.4 is 10.1 Å². The summed E-state index contributed by atoms with van der Waals surface area (Å²) in [5.74, 6) is -0.624. The van der Waals surface area contributed by atoms with E-state index in [1.165, 1.54) is 19.4 Å². The molecule has 1 N–H and O–H groups in total. The first-order valence-corrected chi connectivity index (χ1v) is 6.15. The van der Waals surface area contributed by atoms with Crippen LogP contribution in [0.1, 0.15) is 10.4 Å². The first-order valence-electron chi connectivity index (χ1n) is 5.36. The zero-order valence-corrected chi connectivity index (χ0v) is 11.6. The highest BCUT2D eigenvalue weighted by Gasteiger charge is 2.12. The van der Waals surface area contributed by atoms with Crippen LogP contribution in [0, 0.1) is 5.82 Å². The number of anilines is 1. The highest BCUT2D eigenvalue weighted by atomic mass is 79.9. The van der Waals surface area contributed by atoms with E-state index in [4.69, 9.17) is 4.74 Å². The Morgan fingerprint density at radius 1 is 1.42 bits per heavy atom. The molecule has 0 spiro atoms. The summed E-state index contributed by atoms with van der Waals surface area (Å²) in [4.78, 5) is 15.5. The molecule has 0 unspecified atom stereocenters. The molecule has 0 saturated carbocycles. The van der Waals surface area contributed by atoms with Crippen LogP contribution in [0.25, 0.3) is 0 Å². The number of aromatic nitrogens is 1. The number of carbonyl (C=O) groups excluding carboxylic acids is 1. The van der Waals surface area contributed by atoms with Gasteiger partial charge in [0, 0.05) is 18.0 Å². The lowest BCUT2D eigenvalue weighted by molar-refractivity contribution is 0.102. The summed E-state index contributed by atoms with van der Waals surface area (Å²) in [6, 6.07) is 6.38. The molecular weight excluding hydrogens is 315 g/mol. The van der Waals surface area contributed by atoms with Gasteiger partial charge in [-0.05, 0) is 34.1 Å². The van der Waals surface area contributed by atoms with E-state index in [9.17, 15) is 9.18 Å². The Balaban J connectivity index is 2.22. The average molecular weight is 325 g/mol. The van der Waals surface area contributed by atoms with Crippen LogP contribution in [0.15, 0.2) is 41.1 Å². The summed E-state index contributed by atoms with van der Waals surface area (Å²) >= 11 is 3.31. The maximum atomic E-state index is 13.4. The minimum atomic E-state index is -0.663. The van der Waals surface area contributed by atoms with Crippen molar-refractivity contribution in [1.82, 2.24) is 4.98 Å². The average Bonchev–Trinajstić information content (AvgIpc) is 2.41. The number of methoxy groups -OCH3 is 1. The Hall–Kier alpha value is -1.95. The number of halogens is 2. The summed E-state index contributed by atoms with van der Waals surface area (Å²) in [5, 5.41) is 2.59. The van der Waals surface area contributed by atoms with Gasteiger partial charge >= 0.3 is 0 Å². The predicted molar refractivity (Wildman–Crippen MR) is 72.8 cm³/mol. The van der Waals surface area contributed by atoms with Crippen LogP contribution in [-0.2, 0) is 0 Å². The second-order valence-corrected chi connectivity index (χ2v) is 4.51. The summed E-state index contributed by atoms with van der Waals surface area (Å²) in [5.41, 5.74) is 0.457. The van der Waals surface area contributed by atoms with Gasteiger partial charge in [-0.1, -0.05) is 0 Å². The Bertz CT molecular complexity index is 619. The summed E-state index contributed by atoms with van der Waals surface area (Å²) in [6.45, 7) is 0. The third-order valence-corrected chi connectivity index (χ3v) is 3.08. The largest absolute Gasteiger partial charge is 0.495 e. The maximum absolute atomic E-state index is 13.4. The van der Waals surface area contributed by atoms with Crippen LogP contribution in [0.5, 0.6) is 5.75 Å². The standard InChI is InChI=1S/C13H10BrFN2O2/c1-19-12-6-8(2-3-10(12)14)17-13(18)9-4-5-16-7-11(9)15/h2-7H,1H3,(H,17,18). The minimum Gasteiger partial charge on any atom is -0.495 e. The SMILES string of the molecule is COc1cc(NC(=O)c2ccncc2F)ccc1Br. The van der Waals surface area contributed by atoms with Gasteiger partial charge in [-0.15, -0.1) is 0 Å². The van der Waals surface area contributed by atoms with Crippen molar-refractivity contribution in [2.75, 3.05) is 12.4 Å². The van der Waals surface area contributed by atoms with Crippen molar-refractivity contribution in [3.63, 3.8) is 0 Å². The fraction of sp³-hybridized carbons (Fsp3) is 0.0769. The Labute approximate surface area is 117 Å². The molecule has 0 aliphatic rings. The van der Waals surface area contributed by atoms with E-state index in [1.807, 2.05) is 0 Å². The lowest BCUT2D eigenvalue weighted by atomic mass is 10.2. The summed E-state index contributed by atoms with van der Waals surface area (Å²) < 4.78 is 19.3. The predicted octanol–water partition coefficient (Wildman–Crippen LogP) is 3.24. The van der Waals surface area contributed by atoms with Crippen LogP contribution in [0.2, 0.25) is 0 Å². The number of amides is 1. The number of carbonyl (C=O) groups is 1. The molecule has 0 saturated heterocycles. The van der Waals surface area contributed by atoms with Crippen molar-refractivity contribution in [1.29, 1.82) is 0 Å². The van der Waals surface area contributed by atoms with Crippen LogP contribution >= 0.6 is 15.9 Å². The van der Waals surface area contributed by atoms with Crippen LogP contribution in [0.4, 0.5) is 10.1 Å². The molecule has 0 aliphatic heterocycles. The van der Waals surface area contributed by atoms with Gasteiger partial charge in [-0.3, -0.25) is 9.78 Å². The normalized spacial score (nSPS) is 10.1. The fourth-order valence-electron chi connectivity index (χ4n) is 1.50. The quantitative estimate of drug-likeness (QED) is 0.942. The minimum absolute atomic E-state index is 0.0584. The van der Waals surface area contributed by atoms with Gasteiger partial charge in [-0.25, -0.2) is 4.39 Å².